The van der Waals surface area contributed by atoms with Crippen LogP contribution in [0.5, 0.6) is 0 Å². The normalized spacial score (nSPS) is 13.3. The van der Waals surface area contributed by atoms with Crippen LogP contribution in [0.15, 0.2) is 48.7 Å². The van der Waals surface area contributed by atoms with E-state index in [-0.39, 0.29) is 18.5 Å². The summed E-state index contributed by atoms with van der Waals surface area (Å²) in [5.74, 6) is -2.87. The summed E-state index contributed by atoms with van der Waals surface area (Å²) in [7, 11) is 0. The minimum absolute atomic E-state index is 0.0182. The summed E-state index contributed by atoms with van der Waals surface area (Å²) in [4.78, 5) is 37.3. The van der Waals surface area contributed by atoms with Crippen molar-refractivity contribution < 1.29 is 23.9 Å². The van der Waals surface area contributed by atoms with Gasteiger partial charge >= 0.3 is 5.97 Å². The van der Waals surface area contributed by atoms with Crippen LogP contribution in [0.4, 0.5) is 4.39 Å². The molecule has 39 heavy (non-hydrogen) atoms. The number of nitrogens with two attached hydrogens (primary N) is 2. The molecule has 3 atom stereocenters. The van der Waals surface area contributed by atoms with Crippen LogP contribution in [-0.2, 0) is 16.0 Å². The lowest BCUT2D eigenvalue weighted by Crippen LogP contribution is -2.51. The molecular weight excluding hydrogens is 529 g/mol. The Kier molecular flexibility index (Phi) is 10.9. The molecule has 11 nitrogen and oxygen atoms in total. The summed E-state index contributed by atoms with van der Waals surface area (Å²) in [6.07, 6.45) is 3.00. The fourth-order valence-electron chi connectivity index (χ4n) is 4.01. The monoisotopic (exact) mass is 559 g/mol. The average molecular weight is 560 g/mol. The smallest absolute Gasteiger partial charge is 0.326 e. The second-order valence-electron chi connectivity index (χ2n) is 9.08. The molecular formula is C26H31ClFN7O4. The Morgan fingerprint density at radius 2 is 1.85 bits per heavy atom. The van der Waals surface area contributed by atoms with Crippen molar-refractivity contribution >= 4 is 29.4 Å². The predicted molar refractivity (Wildman–Crippen MR) is 143 cm³/mol. The Morgan fingerprint density at radius 3 is 2.49 bits per heavy atom. The third-order valence-corrected chi connectivity index (χ3v) is 6.33. The van der Waals surface area contributed by atoms with Crippen molar-refractivity contribution in [2.45, 2.75) is 50.2 Å². The Labute approximate surface area is 229 Å². The van der Waals surface area contributed by atoms with Crippen molar-refractivity contribution in [2.75, 3.05) is 6.54 Å². The van der Waals surface area contributed by atoms with Gasteiger partial charge in [0.1, 0.15) is 11.9 Å². The molecule has 13 heteroatoms. The van der Waals surface area contributed by atoms with Gasteiger partial charge < -0.3 is 27.2 Å². The molecule has 2 aromatic carbocycles. The molecule has 0 saturated heterocycles. The van der Waals surface area contributed by atoms with Crippen LogP contribution >= 0.6 is 11.6 Å². The van der Waals surface area contributed by atoms with Gasteiger partial charge in [-0.1, -0.05) is 42.3 Å². The van der Waals surface area contributed by atoms with E-state index in [9.17, 15) is 23.9 Å². The number of nitrogens with one attached hydrogen (secondary N) is 3. The molecule has 3 rings (SSSR count). The van der Waals surface area contributed by atoms with E-state index in [1.807, 2.05) is 0 Å². The molecule has 3 aromatic rings. The first-order valence-electron chi connectivity index (χ1n) is 12.4. The van der Waals surface area contributed by atoms with Crippen molar-refractivity contribution in [3.05, 3.63) is 70.8 Å². The molecule has 0 spiro atoms. The van der Waals surface area contributed by atoms with Crippen LogP contribution in [0.2, 0.25) is 5.02 Å². The highest BCUT2D eigenvalue weighted by Gasteiger charge is 2.28. The Hall–Kier alpha value is -3.87. The SMILES string of the molecule is NCCCCC(N)C(=O)NC(CC(Cc1ccc(-c2cc(Cl)ccc2F)cc1)NC(=O)c1cn[nH]n1)C(=O)O. The highest BCUT2D eigenvalue weighted by molar-refractivity contribution is 6.30. The van der Waals surface area contributed by atoms with E-state index in [1.54, 1.807) is 24.3 Å². The van der Waals surface area contributed by atoms with Crippen molar-refractivity contribution in [3.63, 3.8) is 0 Å². The summed E-state index contributed by atoms with van der Waals surface area (Å²) in [5.41, 5.74) is 13.1. The number of rotatable bonds is 14. The van der Waals surface area contributed by atoms with Crippen LogP contribution in [0.25, 0.3) is 11.1 Å². The molecule has 2 amide bonds. The van der Waals surface area contributed by atoms with Crippen molar-refractivity contribution in [1.82, 2.24) is 26.0 Å². The van der Waals surface area contributed by atoms with E-state index in [1.165, 1.54) is 24.4 Å². The molecule has 0 aliphatic rings. The molecule has 208 valence electrons. The molecule has 0 bridgehead atoms. The maximum Gasteiger partial charge on any atom is 0.326 e. The average Bonchev–Trinajstić information content (AvgIpc) is 3.45. The number of carboxylic acids is 1. The lowest BCUT2D eigenvalue weighted by atomic mass is 9.96. The summed E-state index contributed by atoms with van der Waals surface area (Å²) in [6.45, 7) is 0.466. The molecule has 1 heterocycles. The van der Waals surface area contributed by atoms with Gasteiger partial charge in [-0.3, -0.25) is 9.59 Å². The first kappa shape index (κ1) is 29.7. The molecule has 0 saturated carbocycles. The number of unbranched alkanes of at least 4 members (excludes halogenated alkanes) is 1. The largest absolute Gasteiger partial charge is 0.480 e. The standard InChI is InChI=1S/C26H31ClFN7O4/c27-17-8-9-20(28)19(12-17)16-6-4-15(5-7-16)11-18(32-25(37)23-14-31-35-34-23)13-22(26(38)39)33-24(36)21(30)3-1-2-10-29/h4-9,12,14,18,21-22H,1-3,10-11,13,29-30H2,(H,32,37)(H,33,36)(H,38,39)(H,31,34,35). The number of hydrogen-bond acceptors (Lipinski definition) is 7. The zero-order chi connectivity index (χ0) is 28.4. The lowest BCUT2D eigenvalue weighted by Gasteiger charge is -2.24. The number of H-pyrrole nitrogens is 1. The van der Waals surface area contributed by atoms with Gasteiger partial charge in [0.05, 0.1) is 12.2 Å². The number of halogens is 2. The van der Waals surface area contributed by atoms with Gasteiger partial charge in [0.2, 0.25) is 5.91 Å². The molecule has 1 aromatic heterocycles. The second-order valence-corrected chi connectivity index (χ2v) is 9.51. The highest BCUT2D eigenvalue weighted by atomic mass is 35.5. The van der Waals surface area contributed by atoms with Gasteiger partial charge in [-0.2, -0.15) is 15.4 Å². The van der Waals surface area contributed by atoms with E-state index >= 15 is 0 Å². The number of aliphatic carboxylic acids is 1. The van der Waals surface area contributed by atoms with E-state index in [0.717, 1.165) is 5.56 Å². The number of hydrogen-bond donors (Lipinski definition) is 6. The fraction of sp³-hybridized carbons (Fsp3) is 0.346. The van der Waals surface area contributed by atoms with E-state index in [4.69, 9.17) is 23.1 Å². The zero-order valence-electron chi connectivity index (χ0n) is 21.1. The number of carbonyl (C=O) groups excluding carboxylic acids is 2. The van der Waals surface area contributed by atoms with Gasteiger partial charge in [-0.05, 0) is 61.6 Å². The van der Waals surface area contributed by atoms with Crippen molar-refractivity contribution in [3.8, 4) is 11.1 Å². The van der Waals surface area contributed by atoms with Gasteiger partial charge in [0.15, 0.2) is 5.69 Å². The topological polar surface area (TPSA) is 189 Å². The molecule has 0 aliphatic carbocycles. The summed E-state index contributed by atoms with van der Waals surface area (Å²) >= 11 is 6.01. The van der Waals surface area contributed by atoms with Gasteiger partial charge in [-0.15, -0.1) is 0 Å². The second kappa shape index (κ2) is 14.3. The molecule has 0 aliphatic heterocycles. The number of benzene rings is 2. The minimum atomic E-state index is -1.32. The fourth-order valence-corrected chi connectivity index (χ4v) is 4.18. The lowest BCUT2D eigenvalue weighted by molar-refractivity contribution is -0.142. The van der Waals surface area contributed by atoms with Gasteiger partial charge in [0, 0.05) is 16.6 Å². The van der Waals surface area contributed by atoms with E-state index in [0.29, 0.717) is 42.0 Å². The number of nitrogens with zero attached hydrogens (tertiary/aromatic N) is 2. The van der Waals surface area contributed by atoms with Crippen LogP contribution in [0.3, 0.4) is 0 Å². The number of aromatic amines is 1. The van der Waals surface area contributed by atoms with E-state index in [2.05, 4.69) is 26.0 Å². The van der Waals surface area contributed by atoms with Crippen molar-refractivity contribution in [1.29, 1.82) is 0 Å². The first-order chi connectivity index (χ1) is 18.7. The Bertz CT molecular complexity index is 1260. The molecule has 0 fully saturated rings. The first-order valence-corrected chi connectivity index (χ1v) is 12.8. The van der Waals surface area contributed by atoms with Crippen LogP contribution in [0.1, 0.15) is 41.7 Å². The number of aromatic nitrogens is 3. The third-order valence-electron chi connectivity index (χ3n) is 6.10. The number of carboxylic acid groups (broad SMARTS) is 1. The molecule has 0 radical (unpaired) electrons. The maximum atomic E-state index is 14.3. The van der Waals surface area contributed by atoms with Crippen LogP contribution < -0.4 is 22.1 Å². The maximum absolute atomic E-state index is 14.3. The van der Waals surface area contributed by atoms with Crippen molar-refractivity contribution in [2.24, 2.45) is 11.5 Å². The minimum Gasteiger partial charge on any atom is -0.480 e. The summed E-state index contributed by atoms with van der Waals surface area (Å²) in [5, 5.41) is 25.2. The van der Waals surface area contributed by atoms with Gasteiger partial charge in [0.25, 0.3) is 5.91 Å². The van der Waals surface area contributed by atoms with Crippen LogP contribution in [0, 0.1) is 5.82 Å². The summed E-state index contributed by atoms with van der Waals surface area (Å²) < 4.78 is 14.3. The number of carbonyl (C=O) groups is 3. The van der Waals surface area contributed by atoms with Crippen LogP contribution in [-0.4, -0.2) is 63.0 Å². The Morgan fingerprint density at radius 1 is 1.10 bits per heavy atom. The molecule has 8 N–H and O–H groups in total. The summed E-state index contributed by atoms with van der Waals surface area (Å²) in [6, 6.07) is 8.23. The zero-order valence-corrected chi connectivity index (χ0v) is 21.8. The predicted octanol–water partition coefficient (Wildman–Crippen LogP) is 2.02. The number of amides is 2. The molecule has 3 unspecified atom stereocenters. The van der Waals surface area contributed by atoms with E-state index < -0.39 is 41.7 Å². The Balaban J connectivity index is 1.76. The van der Waals surface area contributed by atoms with Gasteiger partial charge in [-0.25, -0.2) is 9.18 Å². The quantitative estimate of drug-likeness (QED) is 0.162. The highest BCUT2D eigenvalue weighted by Crippen LogP contribution is 2.26. The third kappa shape index (κ3) is 8.84.